The van der Waals surface area contributed by atoms with E-state index in [1.54, 1.807) is 0 Å². The van der Waals surface area contributed by atoms with Crippen molar-refractivity contribution in [2.45, 2.75) is 18.9 Å². The van der Waals surface area contributed by atoms with E-state index in [-0.39, 0.29) is 0 Å². The molecule has 2 rings (SSSR count). The molecule has 0 bridgehead atoms. The van der Waals surface area contributed by atoms with Crippen LogP contribution in [0, 0.1) is 3.57 Å². The molecule has 0 amide bonds. The van der Waals surface area contributed by atoms with Crippen LogP contribution in [0.2, 0.25) is 0 Å². The maximum absolute atomic E-state index is 3.50. The molecule has 0 spiro atoms. The molecule has 2 heteroatoms. The van der Waals surface area contributed by atoms with Gasteiger partial charge in [-0.25, -0.2) is 0 Å². The summed E-state index contributed by atoms with van der Waals surface area (Å²) in [6.45, 7) is 1.18. The van der Waals surface area contributed by atoms with Crippen molar-refractivity contribution in [1.29, 1.82) is 0 Å². The number of rotatable bonds is 1. The first-order valence-electron chi connectivity index (χ1n) is 4.35. The smallest absolute Gasteiger partial charge is 0.0321 e. The van der Waals surface area contributed by atoms with Crippen LogP contribution >= 0.6 is 22.6 Å². The second-order valence-corrected chi connectivity index (χ2v) is 4.45. The third kappa shape index (κ3) is 1.80. The molecule has 1 aromatic carbocycles. The predicted molar refractivity (Wildman–Crippen MR) is 59.1 cm³/mol. The van der Waals surface area contributed by atoms with Crippen molar-refractivity contribution in [1.82, 2.24) is 5.32 Å². The van der Waals surface area contributed by atoms with Crippen LogP contribution in [0.3, 0.4) is 0 Å². The van der Waals surface area contributed by atoms with Crippen molar-refractivity contribution in [2.75, 3.05) is 6.54 Å². The van der Waals surface area contributed by atoms with Gasteiger partial charge in [0.25, 0.3) is 0 Å². The summed E-state index contributed by atoms with van der Waals surface area (Å²) in [5, 5.41) is 3.50. The Morgan fingerprint density at radius 2 is 2.33 bits per heavy atom. The third-order valence-electron chi connectivity index (χ3n) is 2.31. The lowest BCUT2D eigenvalue weighted by molar-refractivity contribution is 0.647. The van der Waals surface area contributed by atoms with Crippen LogP contribution in [-0.4, -0.2) is 6.54 Å². The molecule has 1 aliphatic heterocycles. The molecule has 1 atom stereocenters. The molecule has 1 fully saturated rings. The van der Waals surface area contributed by atoms with Gasteiger partial charge in [-0.15, -0.1) is 0 Å². The topological polar surface area (TPSA) is 12.0 Å². The van der Waals surface area contributed by atoms with E-state index in [1.807, 2.05) is 0 Å². The Kier molecular flexibility index (Phi) is 2.66. The van der Waals surface area contributed by atoms with Gasteiger partial charge >= 0.3 is 0 Å². The third-order valence-corrected chi connectivity index (χ3v) is 2.98. The number of halogens is 1. The zero-order chi connectivity index (χ0) is 8.39. The fourth-order valence-electron chi connectivity index (χ4n) is 1.69. The van der Waals surface area contributed by atoms with Gasteiger partial charge in [0.05, 0.1) is 0 Å². The van der Waals surface area contributed by atoms with Crippen molar-refractivity contribution in [3.05, 3.63) is 33.4 Å². The molecule has 12 heavy (non-hydrogen) atoms. The monoisotopic (exact) mass is 273 g/mol. The van der Waals surface area contributed by atoms with E-state index in [9.17, 15) is 0 Å². The summed E-state index contributed by atoms with van der Waals surface area (Å²) >= 11 is 2.36. The maximum Gasteiger partial charge on any atom is 0.0321 e. The van der Waals surface area contributed by atoms with Crippen molar-refractivity contribution in [3.63, 3.8) is 0 Å². The SMILES string of the molecule is Ic1cccc([C@H]2CCCN2)c1. The first kappa shape index (κ1) is 8.51. The van der Waals surface area contributed by atoms with E-state index in [4.69, 9.17) is 0 Å². The average molecular weight is 273 g/mol. The molecular formula is C10H12IN. The largest absolute Gasteiger partial charge is 0.310 e. The summed E-state index contributed by atoms with van der Waals surface area (Å²) in [5.41, 5.74) is 1.44. The van der Waals surface area contributed by atoms with Gasteiger partial charge in [0.1, 0.15) is 0 Å². The van der Waals surface area contributed by atoms with E-state index in [2.05, 4.69) is 52.2 Å². The van der Waals surface area contributed by atoms with Crippen molar-refractivity contribution in [3.8, 4) is 0 Å². The molecule has 1 nitrogen and oxygen atoms in total. The molecule has 1 saturated heterocycles. The van der Waals surface area contributed by atoms with Crippen LogP contribution in [0.15, 0.2) is 24.3 Å². The summed E-state index contributed by atoms with van der Waals surface area (Å²) in [4.78, 5) is 0. The Labute approximate surface area is 86.7 Å². The van der Waals surface area contributed by atoms with Gasteiger partial charge in [-0.05, 0) is 59.7 Å². The average Bonchev–Trinajstić information content (AvgIpc) is 2.56. The lowest BCUT2D eigenvalue weighted by Crippen LogP contribution is -2.12. The summed E-state index contributed by atoms with van der Waals surface area (Å²) in [6.07, 6.45) is 2.61. The lowest BCUT2D eigenvalue weighted by Gasteiger charge is -2.10. The Bertz CT molecular complexity index is 266. The summed E-state index contributed by atoms with van der Waals surface area (Å²) in [6, 6.07) is 9.37. The Hall–Kier alpha value is -0.0900. The minimum Gasteiger partial charge on any atom is -0.310 e. The molecule has 0 aromatic heterocycles. The molecule has 1 aliphatic rings. The Morgan fingerprint density at radius 3 is 3.00 bits per heavy atom. The van der Waals surface area contributed by atoms with Crippen LogP contribution < -0.4 is 5.32 Å². The molecule has 0 unspecified atom stereocenters. The highest BCUT2D eigenvalue weighted by molar-refractivity contribution is 14.1. The first-order chi connectivity index (χ1) is 5.86. The summed E-state index contributed by atoms with van der Waals surface area (Å²) in [5.74, 6) is 0. The van der Waals surface area contributed by atoms with Gasteiger partial charge < -0.3 is 5.32 Å². The first-order valence-corrected chi connectivity index (χ1v) is 5.43. The van der Waals surface area contributed by atoms with Crippen LogP contribution in [0.1, 0.15) is 24.4 Å². The molecule has 1 N–H and O–H groups in total. The standard InChI is InChI=1S/C10H12IN/c11-9-4-1-3-8(7-9)10-5-2-6-12-10/h1,3-4,7,10,12H,2,5-6H2/t10-/m1/s1. The maximum atomic E-state index is 3.50. The Balaban J connectivity index is 2.21. The van der Waals surface area contributed by atoms with Gasteiger partial charge in [0, 0.05) is 9.61 Å². The zero-order valence-corrected chi connectivity index (χ0v) is 9.04. The van der Waals surface area contributed by atoms with Gasteiger partial charge in [0.2, 0.25) is 0 Å². The molecule has 0 saturated carbocycles. The van der Waals surface area contributed by atoms with E-state index >= 15 is 0 Å². The molecular weight excluding hydrogens is 261 g/mol. The van der Waals surface area contributed by atoms with Crippen molar-refractivity contribution in [2.24, 2.45) is 0 Å². The Morgan fingerprint density at radius 1 is 1.42 bits per heavy atom. The van der Waals surface area contributed by atoms with Crippen LogP contribution in [0.5, 0.6) is 0 Å². The summed E-state index contributed by atoms with van der Waals surface area (Å²) < 4.78 is 1.33. The number of hydrogen-bond donors (Lipinski definition) is 1. The number of benzene rings is 1. The predicted octanol–water partition coefficient (Wildman–Crippen LogP) is 2.72. The molecule has 0 radical (unpaired) electrons. The quantitative estimate of drug-likeness (QED) is 0.776. The molecule has 64 valence electrons. The molecule has 1 aromatic rings. The van der Waals surface area contributed by atoms with Gasteiger partial charge in [-0.1, -0.05) is 12.1 Å². The minimum absolute atomic E-state index is 0.611. The summed E-state index contributed by atoms with van der Waals surface area (Å²) in [7, 11) is 0. The zero-order valence-electron chi connectivity index (χ0n) is 6.89. The highest BCUT2D eigenvalue weighted by Gasteiger charge is 2.15. The number of nitrogens with one attached hydrogen (secondary N) is 1. The molecule has 1 heterocycles. The van der Waals surface area contributed by atoms with Gasteiger partial charge in [-0.2, -0.15) is 0 Å². The van der Waals surface area contributed by atoms with E-state index in [0.29, 0.717) is 6.04 Å². The second-order valence-electron chi connectivity index (χ2n) is 3.20. The fourth-order valence-corrected chi connectivity index (χ4v) is 2.26. The van der Waals surface area contributed by atoms with Crippen LogP contribution in [0.25, 0.3) is 0 Å². The minimum atomic E-state index is 0.611. The normalized spacial score (nSPS) is 22.9. The van der Waals surface area contributed by atoms with E-state index in [1.165, 1.54) is 28.5 Å². The van der Waals surface area contributed by atoms with Gasteiger partial charge in [-0.3, -0.25) is 0 Å². The highest BCUT2D eigenvalue weighted by atomic mass is 127. The van der Waals surface area contributed by atoms with E-state index in [0.717, 1.165) is 0 Å². The van der Waals surface area contributed by atoms with Crippen LogP contribution in [-0.2, 0) is 0 Å². The lowest BCUT2D eigenvalue weighted by atomic mass is 10.1. The fraction of sp³-hybridized carbons (Fsp3) is 0.400. The number of hydrogen-bond acceptors (Lipinski definition) is 1. The second kappa shape index (κ2) is 3.75. The van der Waals surface area contributed by atoms with E-state index < -0.39 is 0 Å². The van der Waals surface area contributed by atoms with Crippen LogP contribution in [0.4, 0.5) is 0 Å². The highest BCUT2D eigenvalue weighted by Crippen LogP contribution is 2.23. The van der Waals surface area contributed by atoms with Gasteiger partial charge in [0.15, 0.2) is 0 Å². The van der Waals surface area contributed by atoms with Crippen molar-refractivity contribution < 1.29 is 0 Å². The molecule has 0 aliphatic carbocycles. The van der Waals surface area contributed by atoms with Crippen molar-refractivity contribution >= 4 is 22.6 Å².